The van der Waals surface area contributed by atoms with Crippen molar-refractivity contribution in [2.75, 3.05) is 6.54 Å². The maximum atomic E-state index is 12.3. The van der Waals surface area contributed by atoms with Gasteiger partial charge in [0.25, 0.3) is 0 Å². The highest BCUT2D eigenvalue weighted by Crippen LogP contribution is 2.24. The summed E-state index contributed by atoms with van der Waals surface area (Å²) in [4.78, 5) is 11.1. The molecule has 1 amide bonds. The summed E-state index contributed by atoms with van der Waals surface area (Å²) in [6.07, 6.45) is -4.47. The monoisotopic (exact) mass is 297 g/mol. The molecular formula is C14H14F3N3O. The van der Waals surface area contributed by atoms with Crippen LogP contribution in [-0.2, 0) is 0 Å². The number of nitriles is 1. The average molecular weight is 297 g/mol. The minimum atomic E-state index is -4.33. The number of alkyl halides is 3. The number of nitrogens with two attached hydrogens (primary N) is 1. The largest absolute Gasteiger partial charge is 0.392 e. The number of amides is 1. The third-order valence-electron chi connectivity index (χ3n) is 2.62. The zero-order valence-electron chi connectivity index (χ0n) is 11.3. The van der Waals surface area contributed by atoms with E-state index < -0.39 is 18.5 Å². The third-order valence-corrected chi connectivity index (χ3v) is 2.62. The predicted molar refractivity (Wildman–Crippen MR) is 72.0 cm³/mol. The van der Waals surface area contributed by atoms with Gasteiger partial charge in [0.2, 0.25) is 5.91 Å². The van der Waals surface area contributed by atoms with Gasteiger partial charge >= 0.3 is 6.18 Å². The number of allylic oxidation sites excluding steroid dienone is 1. The minimum Gasteiger partial charge on any atom is -0.385 e. The molecule has 0 saturated heterocycles. The molecule has 0 saturated carbocycles. The zero-order valence-corrected chi connectivity index (χ0v) is 11.3. The Hall–Kier alpha value is -2.49. The molecule has 112 valence electrons. The van der Waals surface area contributed by atoms with Gasteiger partial charge in [-0.15, -0.1) is 0 Å². The zero-order chi connectivity index (χ0) is 16.0. The van der Waals surface area contributed by atoms with Crippen LogP contribution in [0, 0.1) is 11.3 Å². The second-order valence-electron chi connectivity index (χ2n) is 4.20. The number of halogens is 3. The summed E-state index contributed by atoms with van der Waals surface area (Å²) in [6, 6.07) is 5.90. The van der Waals surface area contributed by atoms with Crippen molar-refractivity contribution in [2.45, 2.75) is 19.5 Å². The van der Waals surface area contributed by atoms with E-state index >= 15 is 0 Å². The van der Waals surface area contributed by atoms with Crippen molar-refractivity contribution in [1.82, 2.24) is 5.32 Å². The van der Waals surface area contributed by atoms with Crippen LogP contribution in [0.4, 0.5) is 13.2 Å². The Morgan fingerprint density at radius 2 is 2.14 bits per heavy atom. The topological polar surface area (TPSA) is 78.9 Å². The van der Waals surface area contributed by atoms with Gasteiger partial charge in [0.15, 0.2) is 0 Å². The van der Waals surface area contributed by atoms with Gasteiger partial charge in [0.1, 0.15) is 0 Å². The van der Waals surface area contributed by atoms with Gasteiger partial charge in [-0.3, -0.25) is 4.79 Å². The van der Waals surface area contributed by atoms with Crippen LogP contribution < -0.4 is 11.1 Å². The van der Waals surface area contributed by atoms with E-state index in [1.165, 1.54) is 18.2 Å². The predicted octanol–water partition coefficient (Wildman–Crippen LogP) is 2.56. The Kier molecular flexibility index (Phi) is 5.36. The van der Waals surface area contributed by atoms with E-state index in [9.17, 15) is 18.0 Å². The van der Waals surface area contributed by atoms with Crippen molar-refractivity contribution in [2.24, 2.45) is 5.73 Å². The molecule has 1 aromatic carbocycles. The van der Waals surface area contributed by atoms with Crippen molar-refractivity contribution in [3.8, 4) is 6.07 Å². The number of carbonyl (C=O) groups excluding carboxylic acids is 1. The number of primary amides is 1. The second kappa shape index (κ2) is 6.79. The lowest BCUT2D eigenvalue weighted by Gasteiger charge is -2.13. The van der Waals surface area contributed by atoms with Crippen LogP contribution in [0.3, 0.4) is 0 Å². The van der Waals surface area contributed by atoms with Crippen molar-refractivity contribution in [1.29, 1.82) is 5.26 Å². The number of hydrogen-bond donors (Lipinski definition) is 2. The number of benzene rings is 1. The smallest absolute Gasteiger partial charge is 0.385 e. The van der Waals surface area contributed by atoms with Gasteiger partial charge in [-0.05, 0) is 19.1 Å². The Labute approximate surface area is 120 Å². The number of nitrogens with zero attached hydrogens (tertiary/aromatic N) is 1. The van der Waals surface area contributed by atoms with Crippen LogP contribution in [-0.4, -0.2) is 18.6 Å². The first kappa shape index (κ1) is 16.6. The molecule has 0 unspecified atom stereocenters. The molecule has 0 bridgehead atoms. The summed E-state index contributed by atoms with van der Waals surface area (Å²) in [5.74, 6) is -0.706. The van der Waals surface area contributed by atoms with Gasteiger partial charge in [0.05, 0.1) is 18.1 Å². The summed E-state index contributed by atoms with van der Waals surface area (Å²) in [5.41, 5.74) is 5.82. The van der Waals surface area contributed by atoms with Crippen LogP contribution in [0.5, 0.6) is 0 Å². The molecule has 0 aliphatic heterocycles. The first-order valence-corrected chi connectivity index (χ1v) is 6.13. The van der Waals surface area contributed by atoms with E-state index in [-0.39, 0.29) is 16.8 Å². The summed E-state index contributed by atoms with van der Waals surface area (Å²) < 4.78 is 37.0. The number of rotatable bonds is 5. The Balaban J connectivity index is 3.26. The molecule has 0 spiro atoms. The summed E-state index contributed by atoms with van der Waals surface area (Å²) in [6.45, 7) is 2.12. The van der Waals surface area contributed by atoms with Crippen LogP contribution in [0.15, 0.2) is 24.3 Å². The molecule has 4 nitrogen and oxygen atoms in total. The molecule has 7 heteroatoms. The maximum Gasteiger partial charge on any atom is 0.392 e. The van der Waals surface area contributed by atoms with Crippen LogP contribution >= 0.6 is 0 Å². The molecule has 0 aliphatic rings. The molecule has 1 rings (SSSR count). The van der Waals surface area contributed by atoms with E-state index in [0.29, 0.717) is 12.1 Å². The van der Waals surface area contributed by atoms with Crippen LogP contribution in [0.2, 0.25) is 0 Å². The average Bonchev–Trinajstić information content (AvgIpc) is 2.41. The highest BCUT2D eigenvalue weighted by Gasteiger charge is 2.25. The fourth-order valence-corrected chi connectivity index (χ4v) is 1.71. The second-order valence-corrected chi connectivity index (χ2v) is 4.20. The summed E-state index contributed by atoms with van der Waals surface area (Å²) in [7, 11) is 0. The Bertz CT molecular complexity index is 600. The number of nitrogens with one attached hydrogen (secondary N) is 1. The van der Waals surface area contributed by atoms with Crippen molar-refractivity contribution >= 4 is 11.6 Å². The van der Waals surface area contributed by atoms with Crippen molar-refractivity contribution < 1.29 is 18.0 Å². The maximum absolute atomic E-state index is 12.3. The lowest BCUT2D eigenvalue weighted by molar-refractivity contribution is -0.124. The highest BCUT2D eigenvalue weighted by atomic mass is 19.4. The number of carbonyl (C=O) groups is 1. The lowest BCUT2D eigenvalue weighted by atomic mass is 10.0. The molecule has 0 radical (unpaired) electrons. The normalized spacial score (nSPS) is 11.9. The summed E-state index contributed by atoms with van der Waals surface area (Å²) in [5, 5.41) is 11.9. The SMILES string of the molecule is CCN/C(=C\CC(F)(F)F)c1ccc(C(N)=O)cc1C#N. The summed E-state index contributed by atoms with van der Waals surface area (Å²) >= 11 is 0. The standard InChI is InChI=1S/C14H14F3N3O/c1-2-20-12(5-6-14(15,16)17)11-4-3-9(13(19)21)7-10(11)8-18/h3-5,7,20H,2,6H2,1H3,(H2,19,21)/b12-5-. The van der Waals surface area contributed by atoms with E-state index in [1.54, 1.807) is 6.92 Å². The van der Waals surface area contributed by atoms with Gasteiger partial charge in [-0.2, -0.15) is 18.4 Å². The fourth-order valence-electron chi connectivity index (χ4n) is 1.71. The molecule has 3 N–H and O–H groups in total. The molecule has 0 atom stereocenters. The molecule has 0 aromatic heterocycles. The molecule has 1 aromatic rings. The molecular weight excluding hydrogens is 283 g/mol. The minimum absolute atomic E-state index is 0.0840. The Morgan fingerprint density at radius 3 is 2.62 bits per heavy atom. The molecule has 0 aliphatic carbocycles. The lowest BCUT2D eigenvalue weighted by Crippen LogP contribution is -2.15. The van der Waals surface area contributed by atoms with Gasteiger partial charge in [-0.25, -0.2) is 0 Å². The molecule has 0 heterocycles. The van der Waals surface area contributed by atoms with Gasteiger partial charge in [0, 0.05) is 23.4 Å². The first-order valence-electron chi connectivity index (χ1n) is 6.13. The van der Waals surface area contributed by atoms with Crippen LogP contribution in [0.25, 0.3) is 5.70 Å². The third kappa shape index (κ3) is 4.84. The van der Waals surface area contributed by atoms with Gasteiger partial charge < -0.3 is 11.1 Å². The van der Waals surface area contributed by atoms with Crippen LogP contribution in [0.1, 0.15) is 34.8 Å². The van der Waals surface area contributed by atoms with Crippen molar-refractivity contribution in [3.63, 3.8) is 0 Å². The highest BCUT2D eigenvalue weighted by molar-refractivity contribution is 5.93. The molecule has 21 heavy (non-hydrogen) atoms. The van der Waals surface area contributed by atoms with Crippen molar-refractivity contribution in [3.05, 3.63) is 41.0 Å². The Morgan fingerprint density at radius 1 is 1.48 bits per heavy atom. The fraction of sp³-hybridized carbons (Fsp3) is 0.286. The molecule has 0 fully saturated rings. The van der Waals surface area contributed by atoms with E-state index in [2.05, 4.69) is 5.32 Å². The quantitative estimate of drug-likeness (QED) is 0.876. The van der Waals surface area contributed by atoms with E-state index in [4.69, 9.17) is 11.0 Å². The number of hydrogen-bond acceptors (Lipinski definition) is 3. The van der Waals surface area contributed by atoms with E-state index in [1.807, 2.05) is 6.07 Å². The van der Waals surface area contributed by atoms with E-state index in [0.717, 1.165) is 6.08 Å². The first-order chi connectivity index (χ1) is 9.78. The van der Waals surface area contributed by atoms with Gasteiger partial charge in [-0.1, -0.05) is 12.1 Å².